The summed E-state index contributed by atoms with van der Waals surface area (Å²) in [5, 5.41) is 3.39. The predicted molar refractivity (Wildman–Crippen MR) is 65.0 cm³/mol. The van der Waals surface area contributed by atoms with Gasteiger partial charge in [-0.2, -0.15) is 0 Å². The van der Waals surface area contributed by atoms with Crippen LogP contribution in [0.5, 0.6) is 0 Å². The van der Waals surface area contributed by atoms with E-state index >= 15 is 0 Å². The summed E-state index contributed by atoms with van der Waals surface area (Å²) < 4.78 is 0. The smallest absolute Gasteiger partial charge is 0.0925 e. The lowest BCUT2D eigenvalue weighted by Crippen LogP contribution is -2.13. The largest absolute Gasteiger partial charge is 0.348 e. The quantitative estimate of drug-likeness (QED) is 0.821. The lowest BCUT2D eigenvalue weighted by Gasteiger charge is -2.04. The molecular weight excluding hydrogens is 198 g/mol. The van der Waals surface area contributed by atoms with Crippen molar-refractivity contribution >= 4 is 0 Å². The molecule has 2 aromatic rings. The highest BCUT2D eigenvalue weighted by atomic mass is 14.9. The molecule has 3 heteroatoms. The van der Waals surface area contributed by atoms with Gasteiger partial charge in [0.15, 0.2) is 0 Å². The van der Waals surface area contributed by atoms with Gasteiger partial charge in [0.05, 0.1) is 12.0 Å². The zero-order chi connectivity index (χ0) is 11.4. The first-order valence-corrected chi connectivity index (χ1v) is 5.51. The van der Waals surface area contributed by atoms with Crippen LogP contribution >= 0.6 is 0 Å². The minimum absolute atomic E-state index is 0.809. The fourth-order valence-corrected chi connectivity index (χ4v) is 1.71. The molecule has 1 aromatic heterocycles. The number of nitrogens with one attached hydrogen (secondary N) is 2. The standard InChI is InChI=1S/C13H17N3/c1-10-4-3-5-12(6-10)7-14-8-13-11(2)15-9-16-13/h3-6,9,14H,7-8H2,1-2H3,(H,15,16). The minimum atomic E-state index is 0.809. The third-order valence-electron chi connectivity index (χ3n) is 2.64. The zero-order valence-corrected chi connectivity index (χ0v) is 9.75. The molecule has 84 valence electrons. The summed E-state index contributed by atoms with van der Waals surface area (Å²) >= 11 is 0. The molecule has 0 unspecified atom stereocenters. The first-order valence-electron chi connectivity index (χ1n) is 5.51. The molecule has 3 nitrogen and oxygen atoms in total. The van der Waals surface area contributed by atoms with Crippen LogP contribution in [0.4, 0.5) is 0 Å². The normalized spacial score (nSPS) is 10.6. The number of imidazole rings is 1. The van der Waals surface area contributed by atoms with Gasteiger partial charge in [-0.15, -0.1) is 0 Å². The fourth-order valence-electron chi connectivity index (χ4n) is 1.71. The summed E-state index contributed by atoms with van der Waals surface area (Å²) in [6, 6.07) is 8.54. The summed E-state index contributed by atoms with van der Waals surface area (Å²) in [6.07, 6.45) is 1.74. The molecule has 0 aliphatic carbocycles. The topological polar surface area (TPSA) is 40.7 Å². The molecule has 0 aliphatic rings. The van der Waals surface area contributed by atoms with Crippen LogP contribution in [0.3, 0.4) is 0 Å². The van der Waals surface area contributed by atoms with E-state index < -0.39 is 0 Å². The molecule has 0 amide bonds. The second-order valence-corrected chi connectivity index (χ2v) is 4.07. The molecule has 0 atom stereocenters. The Hall–Kier alpha value is -1.61. The van der Waals surface area contributed by atoms with Gasteiger partial charge in [0.1, 0.15) is 0 Å². The third-order valence-corrected chi connectivity index (χ3v) is 2.64. The highest BCUT2D eigenvalue weighted by Gasteiger charge is 1.99. The molecule has 16 heavy (non-hydrogen) atoms. The second-order valence-electron chi connectivity index (χ2n) is 4.07. The van der Waals surface area contributed by atoms with E-state index in [2.05, 4.69) is 46.5 Å². The number of rotatable bonds is 4. The van der Waals surface area contributed by atoms with Crippen LogP contribution in [0.15, 0.2) is 30.6 Å². The van der Waals surface area contributed by atoms with Gasteiger partial charge >= 0.3 is 0 Å². The van der Waals surface area contributed by atoms with Crippen LogP contribution in [0.2, 0.25) is 0 Å². The third kappa shape index (κ3) is 2.70. The molecule has 0 fully saturated rings. The molecule has 0 aliphatic heterocycles. The van der Waals surface area contributed by atoms with E-state index in [0.29, 0.717) is 0 Å². The predicted octanol–water partition coefficient (Wildman–Crippen LogP) is 2.32. The maximum Gasteiger partial charge on any atom is 0.0925 e. The van der Waals surface area contributed by atoms with E-state index in [9.17, 15) is 0 Å². The van der Waals surface area contributed by atoms with E-state index in [-0.39, 0.29) is 0 Å². The van der Waals surface area contributed by atoms with E-state index in [1.54, 1.807) is 6.33 Å². The SMILES string of the molecule is Cc1cccc(CNCc2nc[nH]c2C)c1. The lowest BCUT2D eigenvalue weighted by molar-refractivity contribution is 0.679. The Labute approximate surface area is 95.9 Å². The molecule has 0 radical (unpaired) electrons. The van der Waals surface area contributed by atoms with E-state index in [1.165, 1.54) is 11.1 Å². The number of aromatic amines is 1. The van der Waals surface area contributed by atoms with Crippen LogP contribution in [0.25, 0.3) is 0 Å². The fraction of sp³-hybridized carbons (Fsp3) is 0.308. The summed E-state index contributed by atoms with van der Waals surface area (Å²) in [5.74, 6) is 0. The van der Waals surface area contributed by atoms with Crippen LogP contribution in [0.1, 0.15) is 22.5 Å². The number of hydrogen-bond acceptors (Lipinski definition) is 2. The lowest BCUT2D eigenvalue weighted by atomic mass is 10.1. The van der Waals surface area contributed by atoms with Crippen molar-refractivity contribution < 1.29 is 0 Å². The molecule has 0 saturated heterocycles. The Morgan fingerprint density at radius 1 is 1.25 bits per heavy atom. The van der Waals surface area contributed by atoms with Gasteiger partial charge in [-0.05, 0) is 19.4 Å². The van der Waals surface area contributed by atoms with E-state index in [0.717, 1.165) is 24.5 Å². The molecule has 2 N–H and O–H groups in total. The average Bonchev–Trinajstić information content (AvgIpc) is 2.65. The summed E-state index contributed by atoms with van der Waals surface area (Å²) in [7, 11) is 0. The van der Waals surface area contributed by atoms with Crippen molar-refractivity contribution in [2.75, 3.05) is 0 Å². The minimum Gasteiger partial charge on any atom is -0.348 e. The van der Waals surface area contributed by atoms with Crippen molar-refractivity contribution in [1.29, 1.82) is 0 Å². The maximum atomic E-state index is 4.25. The number of aromatic nitrogens is 2. The van der Waals surface area contributed by atoms with Gasteiger partial charge in [-0.25, -0.2) is 4.98 Å². The first kappa shape index (κ1) is 10.9. The van der Waals surface area contributed by atoms with Gasteiger partial charge in [0.25, 0.3) is 0 Å². The van der Waals surface area contributed by atoms with Crippen molar-refractivity contribution in [1.82, 2.24) is 15.3 Å². The zero-order valence-electron chi connectivity index (χ0n) is 9.75. The van der Waals surface area contributed by atoms with Gasteiger partial charge in [-0.1, -0.05) is 29.8 Å². The number of hydrogen-bond donors (Lipinski definition) is 2. The first-order chi connectivity index (χ1) is 7.75. The van der Waals surface area contributed by atoms with Crippen LogP contribution in [-0.2, 0) is 13.1 Å². The Balaban J connectivity index is 1.87. The highest BCUT2D eigenvalue weighted by molar-refractivity contribution is 5.22. The average molecular weight is 215 g/mol. The van der Waals surface area contributed by atoms with Gasteiger partial charge in [0.2, 0.25) is 0 Å². The molecule has 0 saturated carbocycles. The Bertz CT molecular complexity index is 460. The van der Waals surface area contributed by atoms with Gasteiger partial charge in [0, 0.05) is 18.8 Å². The van der Waals surface area contributed by atoms with Crippen molar-refractivity contribution in [3.63, 3.8) is 0 Å². The monoisotopic (exact) mass is 215 g/mol. The summed E-state index contributed by atoms with van der Waals surface area (Å²) in [4.78, 5) is 7.32. The number of benzene rings is 1. The van der Waals surface area contributed by atoms with Crippen molar-refractivity contribution in [3.8, 4) is 0 Å². The van der Waals surface area contributed by atoms with Gasteiger partial charge in [-0.3, -0.25) is 0 Å². The summed E-state index contributed by atoms with van der Waals surface area (Å²) in [6.45, 7) is 5.84. The number of aryl methyl sites for hydroxylation is 2. The molecular formula is C13H17N3. The van der Waals surface area contributed by atoms with Crippen LogP contribution in [0, 0.1) is 13.8 Å². The Kier molecular flexibility index (Phi) is 3.37. The van der Waals surface area contributed by atoms with Gasteiger partial charge < -0.3 is 10.3 Å². The second kappa shape index (κ2) is 4.94. The molecule has 0 spiro atoms. The van der Waals surface area contributed by atoms with Crippen LogP contribution in [-0.4, -0.2) is 9.97 Å². The number of H-pyrrole nitrogens is 1. The van der Waals surface area contributed by atoms with Crippen LogP contribution < -0.4 is 5.32 Å². The highest BCUT2D eigenvalue weighted by Crippen LogP contribution is 2.04. The van der Waals surface area contributed by atoms with E-state index in [4.69, 9.17) is 0 Å². The Morgan fingerprint density at radius 2 is 2.12 bits per heavy atom. The molecule has 0 bridgehead atoms. The Morgan fingerprint density at radius 3 is 2.81 bits per heavy atom. The van der Waals surface area contributed by atoms with E-state index in [1.807, 2.05) is 6.92 Å². The molecule has 1 aromatic carbocycles. The molecule has 2 rings (SSSR count). The molecule has 1 heterocycles. The number of nitrogens with zero attached hydrogens (tertiary/aromatic N) is 1. The van der Waals surface area contributed by atoms with Crippen molar-refractivity contribution in [2.24, 2.45) is 0 Å². The maximum absolute atomic E-state index is 4.25. The van der Waals surface area contributed by atoms with Crippen molar-refractivity contribution in [3.05, 3.63) is 53.1 Å². The van der Waals surface area contributed by atoms with Crippen molar-refractivity contribution in [2.45, 2.75) is 26.9 Å². The summed E-state index contributed by atoms with van der Waals surface area (Å²) in [5.41, 5.74) is 4.84.